The molecule has 0 unspecified atom stereocenters. The Balaban J connectivity index is 1.98. The van der Waals surface area contributed by atoms with E-state index in [1.807, 2.05) is 0 Å². The number of aliphatic hydroxyl groups is 1. The van der Waals surface area contributed by atoms with Crippen molar-refractivity contribution in [3.05, 3.63) is 23.8 Å². The Bertz CT molecular complexity index is 686. The van der Waals surface area contributed by atoms with Crippen LogP contribution in [0.2, 0.25) is 0 Å². The molecule has 2 heterocycles. The Morgan fingerprint density at radius 1 is 1.38 bits per heavy atom. The normalized spacial score (nSPS) is 25.6. The van der Waals surface area contributed by atoms with Crippen LogP contribution in [0.5, 0.6) is 5.75 Å². The lowest BCUT2D eigenvalue weighted by Gasteiger charge is -2.21. The lowest BCUT2D eigenvalue weighted by atomic mass is 10.2. The lowest BCUT2D eigenvalue weighted by molar-refractivity contribution is -0.140. The number of nitrogens with zero attached hydrogens (tertiary/aromatic N) is 1. The first kappa shape index (κ1) is 14.3. The molecule has 2 N–H and O–H groups in total. The number of carboxylic acids is 1. The van der Waals surface area contributed by atoms with E-state index in [2.05, 4.69) is 0 Å². The molecule has 3 rings (SSSR count). The van der Waals surface area contributed by atoms with Gasteiger partial charge in [0, 0.05) is 19.4 Å². The Morgan fingerprint density at radius 3 is 2.86 bits per heavy atom. The SMILES string of the molecule is O=C(O)[C@H]1C[C@@H](O)CN1S(=O)(=O)c1ccc2c(c1)CCO2. The summed E-state index contributed by atoms with van der Waals surface area (Å²) in [5.74, 6) is -0.593. The summed E-state index contributed by atoms with van der Waals surface area (Å²) in [5.41, 5.74) is 0.794. The Morgan fingerprint density at radius 2 is 2.14 bits per heavy atom. The monoisotopic (exact) mass is 313 g/mol. The molecule has 0 radical (unpaired) electrons. The summed E-state index contributed by atoms with van der Waals surface area (Å²) in [6.45, 7) is 0.311. The van der Waals surface area contributed by atoms with Gasteiger partial charge in [0.05, 0.1) is 17.6 Å². The van der Waals surface area contributed by atoms with Crippen LogP contribution < -0.4 is 4.74 Å². The Labute approximate surface area is 121 Å². The van der Waals surface area contributed by atoms with E-state index in [-0.39, 0.29) is 17.9 Å². The van der Waals surface area contributed by atoms with E-state index in [9.17, 15) is 18.3 Å². The molecular formula is C13H15NO6S. The lowest BCUT2D eigenvalue weighted by Crippen LogP contribution is -2.40. The first-order valence-corrected chi connectivity index (χ1v) is 8.02. The smallest absolute Gasteiger partial charge is 0.322 e. The van der Waals surface area contributed by atoms with E-state index in [1.54, 1.807) is 6.07 Å². The maximum absolute atomic E-state index is 12.6. The number of β-amino-alcohol motifs (C(OH)–C–C–N with tert-alkyl or cyclic N) is 1. The number of ether oxygens (including phenoxy) is 1. The van der Waals surface area contributed by atoms with Crippen molar-refractivity contribution in [2.24, 2.45) is 0 Å². The molecule has 0 aromatic heterocycles. The third-order valence-corrected chi connectivity index (χ3v) is 5.66. The quantitative estimate of drug-likeness (QED) is 0.803. The van der Waals surface area contributed by atoms with Crippen LogP contribution in [0.3, 0.4) is 0 Å². The number of carboxylic acid groups (broad SMARTS) is 1. The zero-order valence-corrected chi connectivity index (χ0v) is 11.9. The van der Waals surface area contributed by atoms with Crippen LogP contribution in [-0.4, -0.2) is 54.2 Å². The number of aliphatic hydroxyl groups excluding tert-OH is 1. The Kier molecular flexibility index (Phi) is 3.39. The van der Waals surface area contributed by atoms with Crippen LogP contribution in [0, 0.1) is 0 Å². The fourth-order valence-corrected chi connectivity index (χ4v) is 4.41. The van der Waals surface area contributed by atoms with Gasteiger partial charge in [-0.2, -0.15) is 4.31 Å². The molecule has 1 saturated heterocycles. The van der Waals surface area contributed by atoms with Crippen LogP contribution in [0.15, 0.2) is 23.1 Å². The highest BCUT2D eigenvalue weighted by atomic mass is 32.2. The standard InChI is InChI=1S/C13H15NO6S/c15-9-6-11(13(16)17)14(7-9)21(18,19)10-1-2-12-8(5-10)3-4-20-12/h1-2,5,9,11,15H,3-4,6-7H2,(H,16,17)/t9-,11-/m1/s1. The summed E-state index contributed by atoms with van der Waals surface area (Å²) in [6.07, 6.45) is -0.426. The third kappa shape index (κ3) is 2.39. The number of hydrogen-bond donors (Lipinski definition) is 2. The number of benzene rings is 1. The predicted molar refractivity (Wildman–Crippen MR) is 71.6 cm³/mol. The van der Waals surface area contributed by atoms with E-state index >= 15 is 0 Å². The van der Waals surface area contributed by atoms with Gasteiger partial charge in [0.2, 0.25) is 10.0 Å². The zero-order chi connectivity index (χ0) is 15.2. The van der Waals surface area contributed by atoms with Gasteiger partial charge in [0.1, 0.15) is 11.8 Å². The summed E-state index contributed by atoms with van der Waals surface area (Å²) in [5, 5.41) is 18.7. The second-order valence-electron chi connectivity index (χ2n) is 5.19. The number of rotatable bonds is 3. The van der Waals surface area contributed by atoms with E-state index < -0.39 is 28.1 Å². The Hall–Kier alpha value is -1.64. The van der Waals surface area contributed by atoms with Gasteiger partial charge in [0.25, 0.3) is 0 Å². The van der Waals surface area contributed by atoms with E-state index in [0.29, 0.717) is 18.8 Å². The molecule has 21 heavy (non-hydrogen) atoms. The maximum Gasteiger partial charge on any atom is 0.322 e. The second kappa shape index (κ2) is 4.97. The molecule has 0 aliphatic carbocycles. The molecule has 0 bridgehead atoms. The van der Waals surface area contributed by atoms with Gasteiger partial charge < -0.3 is 14.9 Å². The number of carbonyl (C=O) groups is 1. The van der Waals surface area contributed by atoms with Gasteiger partial charge in [0.15, 0.2) is 0 Å². The maximum atomic E-state index is 12.6. The van der Waals surface area contributed by atoms with Gasteiger partial charge in [-0.3, -0.25) is 4.79 Å². The molecule has 1 fully saturated rings. The number of sulfonamides is 1. The summed E-state index contributed by atoms with van der Waals surface area (Å²) in [7, 11) is -3.95. The highest BCUT2D eigenvalue weighted by molar-refractivity contribution is 7.89. The number of hydrogen-bond acceptors (Lipinski definition) is 5. The fraction of sp³-hybridized carbons (Fsp3) is 0.462. The summed E-state index contributed by atoms with van der Waals surface area (Å²) in [6, 6.07) is 3.27. The average molecular weight is 313 g/mol. The molecular weight excluding hydrogens is 298 g/mol. The minimum Gasteiger partial charge on any atom is -0.493 e. The number of aliphatic carboxylic acids is 1. The van der Waals surface area contributed by atoms with Gasteiger partial charge in [-0.1, -0.05) is 0 Å². The fourth-order valence-electron chi connectivity index (χ4n) is 2.73. The van der Waals surface area contributed by atoms with Gasteiger partial charge in [-0.15, -0.1) is 0 Å². The molecule has 1 aromatic rings. The van der Waals surface area contributed by atoms with Crippen molar-refractivity contribution in [3.8, 4) is 5.75 Å². The van der Waals surface area contributed by atoms with Gasteiger partial charge >= 0.3 is 5.97 Å². The summed E-state index contributed by atoms with van der Waals surface area (Å²) >= 11 is 0. The summed E-state index contributed by atoms with van der Waals surface area (Å²) < 4.78 is 31.4. The van der Waals surface area contributed by atoms with Crippen molar-refractivity contribution in [2.75, 3.05) is 13.2 Å². The summed E-state index contributed by atoms with van der Waals surface area (Å²) in [4.78, 5) is 11.2. The molecule has 0 amide bonds. The van der Waals surface area contributed by atoms with Crippen molar-refractivity contribution in [3.63, 3.8) is 0 Å². The van der Waals surface area contributed by atoms with E-state index in [0.717, 1.165) is 9.87 Å². The van der Waals surface area contributed by atoms with E-state index in [4.69, 9.17) is 9.84 Å². The first-order chi connectivity index (χ1) is 9.89. The first-order valence-electron chi connectivity index (χ1n) is 6.58. The average Bonchev–Trinajstić information content (AvgIpc) is 3.03. The molecule has 0 spiro atoms. The highest BCUT2D eigenvalue weighted by Gasteiger charge is 2.43. The molecule has 0 saturated carbocycles. The van der Waals surface area contributed by atoms with Crippen molar-refractivity contribution >= 4 is 16.0 Å². The molecule has 2 aliphatic heterocycles. The van der Waals surface area contributed by atoms with Crippen LogP contribution in [0.1, 0.15) is 12.0 Å². The minimum atomic E-state index is -3.95. The van der Waals surface area contributed by atoms with Crippen LogP contribution in [0.4, 0.5) is 0 Å². The second-order valence-corrected chi connectivity index (χ2v) is 7.08. The van der Waals surface area contributed by atoms with Gasteiger partial charge in [-0.05, 0) is 23.8 Å². The van der Waals surface area contributed by atoms with E-state index in [1.165, 1.54) is 12.1 Å². The van der Waals surface area contributed by atoms with Crippen molar-refractivity contribution in [1.29, 1.82) is 0 Å². The molecule has 2 aliphatic rings. The van der Waals surface area contributed by atoms with Crippen molar-refractivity contribution in [2.45, 2.75) is 29.9 Å². The molecule has 114 valence electrons. The van der Waals surface area contributed by atoms with Gasteiger partial charge in [-0.25, -0.2) is 8.42 Å². The third-order valence-electron chi connectivity index (χ3n) is 3.79. The number of fused-ring (bicyclic) bond motifs is 1. The van der Waals surface area contributed by atoms with Crippen LogP contribution in [-0.2, 0) is 21.2 Å². The molecule has 2 atom stereocenters. The predicted octanol–water partition coefficient (Wildman–Crippen LogP) is -0.170. The highest BCUT2D eigenvalue weighted by Crippen LogP contribution is 2.31. The van der Waals surface area contributed by atoms with Crippen LogP contribution >= 0.6 is 0 Å². The minimum absolute atomic E-state index is 0.0344. The topological polar surface area (TPSA) is 104 Å². The largest absolute Gasteiger partial charge is 0.493 e. The zero-order valence-electron chi connectivity index (χ0n) is 11.1. The molecule has 1 aromatic carbocycles. The molecule has 7 nitrogen and oxygen atoms in total. The van der Waals surface area contributed by atoms with Crippen molar-refractivity contribution in [1.82, 2.24) is 4.31 Å². The molecule has 8 heteroatoms. The van der Waals surface area contributed by atoms with Crippen LogP contribution in [0.25, 0.3) is 0 Å². The van der Waals surface area contributed by atoms with Crippen molar-refractivity contribution < 1.29 is 28.2 Å².